The van der Waals surface area contributed by atoms with Crippen LogP contribution in [0.3, 0.4) is 0 Å². The predicted octanol–water partition coefficient (Wildman–Crippen LogP) is 5.29. The lowest BCUT2D eigenvalue weighted by Crippen LogP contribution is -2.59. The van der Waals surface area contributed by atoms with E-state index < -0.39 is 33.5 Å². The number of morpholine rings is 1. The highest BCUT2D eigenvalue weighted by atomic mass is 32.2. The number of carbonyl (C=O) groups excluding carboxylic acids is 1. The Morgan fingerprint density at radius 1 is 0.962 bits per heavy atom. The zero-order valence-corrected chi connectivity index (χ0v) is 30.5. The van der Waals surface area contributed by atoms with Crippen LogP contribution in [0.5, 0.6) is 11.5 Å². The highest BCUT2D eigenvalue weighted by Gasteiger charge is 2.53. The van der Waals surface area contributed by atoms with Gasteiger partial charge in [0.15, 0.2) is 6.04 Å². The molecule has 13 heteroatoms. The number of hydrogen-bond acceptors (Lipinski definition) is 8. The fourth-order valence-corrected chi connectivity index (χ4v) is 9.95. The number of rotatable bonds is 13. The summed E-state index contributed by atoms with van der Waals surface area (Å²) < 4.78 is 79.9. The third-order valence-electron chi connectivity index (χ3n) is 11.5. The average Bonchev–Trinajstić information content (AvgIpc) is 3.72. The van der Waals surface area contributed by atoms with Crippen LogP contribution in [0.25, 0.3) is 10.8 Å². The fourth-order valence-electron chi connectivity index (χ4n) is 8.60. The average molecular weight is 741 g/mol. The Balaban J connectivity index is 1.13. The Morgan fingerprint density at radius 3 is 2.29 bits per heavy atom. The minimum Gasteiger partial charge on any atom is -0.492 e. The molecule has 1 amide bonds. The number of nitrogens with two attached hydrogens (primary N) is 1. The molecule has 3 atom stereocenters. The lowest BCUT2D eigenvalue weighted by molar-refractivity contribution is -0.141. The molecule has 1 heterocycles. The third kappa shape index (κ3) is 7.94. The number of carbonyl (C=O) groups is 1. The van der Waals surface area contributed by atoms with Gasteiger partial charge in [-0.3, -0.25) is 9.69 Å². The van der Waals surface area contributed by atoms with Crippen molar-refractivity contribution in [3.8, 4) is 11.5 Å². The monoisotopic (exact) mass is 740 g/mol. The summed E-state index contributed by atoms with van der Waals surface area (Å²) in [5.74, 6) is -3.70. The second-order valence-electron chi connectivity index (χ2n) is 14.9. The summed E-state index contributed by atoms with van der Waals surface area (Å²) in [6.45, 7) is 3.98. The van der Waals surface area contributed by atoms with Gasteiger partial charge in [0.2, 0.25) is 15.9 Å². The quantitative estimate of drug-likeness (QED) is 0.243. The number of amides is 1. The van der Waals surface area contributed by atoms with Crippen LogP contribution in [0, 0.1) is 11.8 Å². The number of nitrogens with one attached hydrogen (secondary N) is 1. The van der Waals surface area contributed by atoms with Gasteiger partial charge >= 0.3 is 0 Å². The molecular formula is C39H50F2N4O6S. The zero-order chi connectivity index (χ0) is 36.5. The van der Waals surface area contributed by atoms with E-state index >= 15 is 8.78 Å². The number of hydrogen-bond donors (Lipinski definition) is 2. The Hall–Kier alpha value is -3.36. The number of ether oxygens (including phenoxy) is 3. The van der Waals surface area contributed by atoms with Gasteiger partial charge in [-0.05, 0) is 123 Å². The summed E-state index contributed by atoms with van der Waals surface area (Å²) in [5.41, 5.74) is 5.75. The molecule has 0 aromatic heterocycles. The number of fused-ring (bicyclic) bond motifs is 3. The van der Waals surface area contributed by atoms with E-state index in [1.165, 1.54) is 36.4 Å². The van der Waals surface area contributed by atoms with Crippen LogP contribution in [-0.2, 0) is 25.5 Å². The third-order valence-corrected chi connectivity index (χ3v) is 13.3. The molecule has 282 valence electrons. The van der Waals surface area contributed by atoms with E-state index in [0.717, 1.165) is 64.0 Å². The number of likely N-dealkylation sites (N-methyl/N-ethyl adjacent to an activating group) is 1. The molecule has 7 rings (SSSR count). The smallest absolute Gasteiger partial charge is 0.298 e. The normalized spacial score (nSPS) is 25.0. The van der Waals surface area contributed by atoms with E-state index in [1.807, 2.05) is 6.07 Å². The summed E-state index contributed by atoms with van der Waals surface area (Å²) in [4.78, 5) is 16.1. The van der Waals surface area contributed by atoms with Gasteiger partial charge in [-0.1, -0.05) is 12.1 Å². The molecule has 1 saturated heterocycles. The van der Waals surface area contributed by atoms with Gasteiger partial charge in [-0.25, -0.2) is 8.42 Å². The molecule has 1 aliphatic heterocycles. The van der Waals surface area contributed by atoms with Gasteiger partial charge in [0.05, 0.1) is 24.2 Å². The zero-order valence-electron chi connectivity index (χ0n) is 29.7. The molecule has 52 heavy (non-hydrogen) atoms. The maximum atomic E-state index is 16.8. The van der Waals surface area contributed by atoms with Crippen molar-refractivity contribution in [2.75, 3.05) is 46.5 Å². The first-order valence-electron chi connectivity index (χ1n) is 18.6. The molecule has 10 nitrogen and oxygen atoms in total. The van der Waals surface area contributed by atoms with Gasteiger partial charge in [0.1, 0.15) is 18.1 Å². The molecule has 0 radical (unpaired) electrons. The molecule has 3 aromatic rings. The first-order chi connectivity index (χ1) is 25.0. The molecule has 3 aliphatic carbocycles. The van der Waals surface area contributed by atoms with Gasteiger partial charge in [-0.2, -0.15) is 13.1 Å². The number of halogens is 2. The van der Waals surface area contributed by atoms with Crippen molar-refractivity contribution in [2.45, 2.75) is 86.4 Å². The van der Waals surface area contributed by atoms with Crippen LogP contribution in [0.4, 0.5) is 8.78 Å². The van der Waals surface area contributed by atoms with E-state index in [9.17, 15) is 13.2 Å². The van der Waals surface area contributed by atoms with Gasteiger partial charge in [0.25, 0.3) is 5.92 Å². The van der Waals surface area contributed by atoms with Crippen molar-refractivity contribution >= 4 is 26.7 Å². The maximum Gasteiger partial charge on any atom is 0.298 e. The first kappa shape index (κ1) is 37.0. The molecule has 4 fully saturated rings. The molecule has 0 spiro atoms. The Morgan fingerprint density at radius 2 is 1.60 bits per heavy atom. The number of alkyl halides is 2. The highest BCUT2D eigenvalue weighted by molar-refractivity contribution is 7.89. The van der Waals surface area contributed by atoms with Crippen molar-refractivity contribution in [3.63, 3.8) is 0 Å². The molecule has 3 N–H and O–H groups in total. The van der Waals surface area contributed by atoms with Crippen molar-refractivity contribution in [1.82, 2.24) is 14.5 Å². The summed E-state index contributed by atoms with van der Waals surface area (Å²) in [7, 11) is -3.52. The summed E-state index contributed by atoms with van der Waals surface area (Å²) in [6.07, 6.45) is 7.51. The van der Waals surface area contributed by atoms with Crippen LogP contribution in [0.15, 0.2) is 65.6 Å². The molecular weight excluding hydrogens is 691 g/mol. The lowest BCUT2D eigenvalue weighted by Gasteiger charge is -2.38. The summed E-state index contributed by atoms with van der Waals surface area (Å²) in [5, 5.41) is 4.26. The topological polar surface area (TPSA) is 123 Å². The van der Waals surface area contributed by atoms with E-state index in [1.54, 1.807) is 18.2 Å². The number of sulfonamides is 1. The van der Waals surface area contributed by atoms with Gasteiger partial charge in [-0.15, -0.1) is 0 Å². The standard InChI is InChI=1S/C39H50F2N4O6S/c1-44(52(47,48)35-15-9-26-24-34(12-8-27(26)25-35)51-33-4-2-3-5-33)37(38(46)43-36-28-6-7-29(36)23-31(42)22-28)39(40,41)30-10-13-32(14-11-30)50-21-18-45-16-19-49-20-17-45/h8-15,24-25,28-29,31,33,36-37H,2-7,16-23,42H2,1H3,(H,43,46)/t28?,29?,31?,36?,37-/m0/s1. The Labute approximate surface area is 305 Å². The van der Waals surface area contributed by atoms with Gasteiger partial charge < -0.3 is 25.3 Å². The minimum absolute atomic E-state index is 0.00111. The summed E-state index contributed by atoms with van der Waals surface area (Å²) >= 11 is 0. The van der Waals surface area contributed by atoms with Crippen LogP contribution in [0.2, 0.25) is 0 Å². The van der Waals surface area contributed by atoms with E-state index in [2.05, 4.69) is 10.2 Å². The molecule has 3 saturated carbocycles. The molecule has 2 unspecified atom stereocenters. The van der Waals surface area contributed by atoms with Crippen molar-refractivity contribution in [3.05, 3.63) is 66.2 Å². The van der Waals surface area contributed by atoms with E-state index in [-0.39, 0.29) is 34.9 Å². The Bertz CT molecular complexity index is 1800. The molecule has 4 aliphatic rings. The largest absolute Gasteiger partial charge is 0.492 e. The van der Waals surface area contributed by atoms with E-state index in [0.29, 0.717) is 60.4 Å². The molecule has 3 aromatic carbocycles. The SMILES string of the molecule is CN([C@@H](C(=O)NC1C2CCC1CC(N)C2)C(F)(F)c1ccc(OCCN2CCOCC2)cc1)S(=O)(=O)c1ccc2cc(OC3CCCC3)ccc2c1. The van der Waals surface area contributed by atoms with Crippen LogP contribution in [0.1, 0.15) is 56.9 Å². The lowest BCUT2D eigenvalue weighted by atomic mass is 9.81. The van der Waals surface area contributed by atoms with Crippen LogP contribution < -0.4 is 20.5 Å². The molecule has 2 bridgehead atoms. The predicted molar refractivity (Wildman–Crippen MR) is 194 cm³/mol. The fraction of sp³-hybridized carbons (Fsp3) is 0.564. The van der Waals surface area contributed by atoms with Crippen molar-refractivity contribution < 1.29 is 36.2 Å². The second kappa shape index (κ2) is 15.5. The summed E-state index contributed by atoms with van der Waals surface area (Å²) in [6, 6.07) is 12.5. The number of benzene rings is 3. The maximum absolute atomic E-state index is 16.8. The van der Waals surface area contributed by atoms with Crippen LogP contribution >= 0.6 is 0 Å². The number of nitrogens with zero attached hydrogens (tertiary/aromatic N) is 2. The first-order valence-corrected chi connectivity index (χ1v) is 20.1. The van der Waals surface area contributed by atoms with Crippen LogP contribution in [-0.4, -0.2) is 94.3 Å². The highest BCUT2D eigenvalue weighted by Crippen LogP contribution is 2.43. The van der Waals surface area contributed by atoms with E-state index in [4.69, 9.17) is 19.9 Å². The second-order valence-corrected chi connectivity index (χ2v) is 16.9. The van der Waals surface area contributed by atoms with Crippen molar-refractivity contribution in [1.29, 1.82) is 0 Å². The minimum atomic E-state index is -4.58. The Kier molecular flexibility index (Phi) is 11.1. The van der Waals surface area contributed by atoms with Gasteiger partial charge in [0, 0.05) is 44.3 Å². The van der Waals surface area contributed by atoms with Crippen molar-refractivity contribution in [2.24, 2.45) is 17.6 Å².